The highest BCUT2D eigenvalue weighted by atomic mass is 28.3. The molecule has 0 radical (unpaired) electrons. The minimum Gasteiger partial charge on any atom is -0.397 e. The molecule has 0 saturated heterocycles. The van der Waals surface area contributed by atoms with Crippen LogP contribution in [0.15, 0.2) is 0 Å². The van der Waals surface area contributed by atoms with Crippen molar-refractivity contribution in [3.8, 4) is 0 Å². The molecule has 1 unspecified atom stereocenters. The first-order chi connectivity index (χ1) is 6.26. The fourth-order valence-electron chi connectivity index (χ4n) is 0.898. The Hall–Kier alpha value is 0.137. The van der Waals surface area contributed by atoms with Crippen molar-refractivity contribution in [3.05, 3.63) is 0 Å². The number of rotatable bonds is 6. The van der Waals surface area contributed by atoms with Gasteiger partial charge < -0.3 is 8.85 Å². The predicted octanol–water partition coefficient (Wildman–Crippen LogP) is 3.11. The monoisotopic (exact) mass is 206 g/mol. The third kappa shape index (κ3) is 8.47. The van der Waals surface area contributed by atoms with Gasteiger partial charge in [0.25, 0.3) is 0 Å². The van der Waals surface area contributed by atoms with Crippen LogP contribution in [-0.2, 0) is 8.85 Å². The van der Waals surface area contributed by atoms with Crippen molar-refractivity contribution in [3.63, 3.8) is 0 Å². The highest BCUT2D eigenvalue weighted by Gasteiger charge is 2.18. The van der Waals surface area contributed by atoms with Crippen molar-refractivity contribution in [1.82, 2.24) is 0 Å². The fourth-order valence-corrected chi connectivity index (χ4v) is 2.69. The van der Waals surface area contributed by atoms with Crippen LogP contribution < -0.4 is 0 Å². The van der Waals surface area contributed by atoms with Gasteiger partial charge in [-0.05, 0) is 19.4 Å². The van der Waals surface area contributed by atoms with E-state index < -0.39 is 9.28 Å². The van der Waals surface area contributed by atoms with Gasteiger partial charge >= 0.3 is 9.28 Å². The molecule has 0 rings (SSSR count). The summed E-state index contributed by atoms with van der Waals surface area (Å²) in [5, 5.41) is 0. The van der Waals surface area contributed by atoms with Crippen molar-refractivity contribution in [2.45, 2.75) is 53.5 Å². The first-order valence-corrected chi connectivity index (χ1v) is 7.10. The van der Waals surface area contributed by atoms with Gasteiger partial charge in [0.05, 0.1) is 0 Å². The molecule has 0 aliphatic rings. The van der Waals surface area contributed by atoms with E-state index in [4.69, 9.17) is 8.85 Å². The Morgan fingerprint density at radius 3 is 1.62 bits per heavy atom. The zero-order valence-electron chi connectivity index (χ0n) is 10.1. The van der Waals surface area contributed by atoms with Crippen LogP contribution in [-0.4, -0.2) is 22.5 Å². The molecule has 0 heterocycles. The predicted molar refractivity (Wildman–Crippen MR) is 61.5 cm³/mol. The Kier molecular flexibility index (Phi) is 14.6. The second-order valence-corrected chi connectivity index (χ2v) is 5.21. The van der Waals surface area contributed by atoms with E-state index in [1.807, 2.05) is 27.7 Å². The Bertz CT molecular complexity index is 83.0. The van der Waals surface area contributed by atoms with Crippen LogP contribution in [0.3, 0.4) is 0 Å². The molecule has 0 aromatic carbocycles. The maximum absolute atomic E-state index is 5.55. The van der Waals surface area contributed by atoms with Crippen molar-refractivity contribution in [1.29, 1.82) is 0 Å². The van der Waals surface area contributed by atoms with Gasteiger partial charge in [-0.25, -0.2) is 0 Å². The van der Waals surface area contributed by atoms with Crippen molar-refractivity contribution in [2.75, 3.05) is 13.2 Å². The van der Waals surface area contributed by atoms with E-state index in [1.165, 1.54) is 0 Å². The van der Waals surface area contributed by atoms with Gasteiger partial charge in [0, 0.05) is 13.2 Å². The van der Waals surface area contributed by atoms with Crippen LogP contribution in [0.4, 0.5) is 0 Å². The second-order valence-electron chi connectivity index (χ2n) is 2.66. The van der Waals surface area contributed by atoms with Gasteiger partial charge in [-0.2, -0.15) is 0 Å². The Labute approximate surface area is 85.5 Å². The van der Waals surface area contributed by atoms with Gasteiger partial charge in [0.2, 0.25) is 0 Å². The first-order valence-electron chi connectivity index (χ1n) is 5.49. The molecule has 3 heteroatoms. The molecule has 0 aromatic rings. The molecule has 13 heavy (non-hydrogen) atoms. The summed E-state index contributed by atoms with van der Waals surface area (Å²) in [5.74, 6) is 0. The molecule has 0 N–H and O–H groups in total. The third-order valence-electron chi connectivity index (χ3n) is 1.77. The minimum absolute atomic E-state index is 0.634. The Balaban J connectivity index is 0. The summed E-state index contributed by atoms with van der Waals surface area (Å²) in [6.07, 6.45) is 1.16. The van der Waals surface area contributed by atoms with E-state index in [9.17, 15) is 0 Å². The Morgan fingerprint density at radius 1 is 1.00 bits per heavy atom. The molecule has 1 atom stereocenters. The summed E-state index contributed by atoms with van der Waals surface area (Å²) in [7, 11) is -1.33. The molecule has 0 amide bonds. The highest BCUT2D eigenvalue weighted by molar-refractivity contribution is 6.46. The summed E-state index contributed by atoms with van der Waals surface area (Å²) in [4.78, 5) is 0. The average Bonchev–Trinajstić information content (AvgIpc) is 2.19. The zero-order chi connectivity index (χ0) is 10.7. The molecule has 0 fully saturated rings. The molecular weight excluding hydrogens is 180 g/mol. The lowest BCUT2D eigenvalue weighted by molar-refractivity contribution is 0.204. The van der Waals surface area contributed by atoms with Crippen molar-refractivity contribution >= 4 is 9.28 Å². The summed E-state index contributed by atoms with van der Waals surface area (Å²) < 4.78 is 11.1. The maximum Gasteiger partial charge on any atom is 0.324 e. The molecule has 82 valence electrons. The van der Waals surface area contributed by atoms with E-state index in [2.05, 4.69) is 13.8 Å². The molecule has 0 saturated carbocycles. The van der Waals surface area contributed by atoms with Crippen molar-refractivity contribution in [2.24, 2.45) is 0 Å². The van der Waals surface area contributed by atoms with Crippen LogP contribution >= 0.6 is 0 Å². The van der Waals surface area contributed by atoms with Crippen LogP contribution in [0, 0.1) is 0 Å². The summed E-state index contributed by atoms with van der Waals surface area (Å²) in [5.41, 5.74) is 0.634. The van der Waals surface area contributed by atoms with Crippen molar-refractivity contribution < 1.29 is 8.85 Å². The van der Waals surface area contributed by atoms with Gasteiger partial charge in [-0.15, -0.1) is 0 Å². The second kappa shape index (κ2) is 12.1. The van der Waals surface area contributed by atoms with Gasteiger partial charge in [0.1, 0.15) is 0 Å². The first kappa shape index (κ1) is 15.6. The highest BCUT2D eigenvalue weighted by Crippen LogP contribution is 2.15. The van der Waals surface area contributed by atoms with E-state index in [0.29, 0.717) is 5.54 Å². The van der Waals surface area contributed by atoms with Gasteiger partial charge in [0.15, 0.2) is 0 Å². The Morgan fingerprint density at radius 2 is 1.38 bits per heavy atom. The van der Waals surface area contributed by atoms with Crippen LogP contribution in [0.1, 0.15) is 48.0 Å². The number of hydrogen-bond donors (Lipinski definition) is 0. The van der Waals surface area contributed by atoms with Crippen LogP contribution in [0.5, 0.6) is 0 Å². The lowest BCUT2D eigenvalue weighted by Gasteiger charge is -2.19. The van der Waals surface area contributed by atoms with E-state index in [-0.39, 0.29) is 0 Å². The summed E-state index contributed by atoms with van der Waals surface area (Å²) >= 11 is 0. The standard InChI is InChI=1S/C8H20O2Si.C2H6/c1-5-8(4)11(9-6-2)10-7-3;1-2/h8,11H,5-7H2,1-4H3;1-2H3. The normalized spacial score (nSPS) is 12.2. The zero-order valence-corrected chi connectivity index (χ0v) is 11.2. The smallest absolute Gasteiger partial charge is 0.324 e. The van der Waals surface area contributed by atoms with Gasteiger partial charge in [-0.3, -0.25) is 0 Å². The third-order valence-corrected chi connectivity index (χ3v) is 4.49. The summed E-state index contributed by atoms with van der Waals surface area (Å²) in [6.45, 7) is 14.0. The molecular formula is C10H26O2Si. The maximum atomic E-state index is 5.55. The molecule has 0 aliphatic carbocycles. The van der Waals surface area contributed by atoms with E-state index in [0.717, 1.165) is 19.6 Å². The number of hydrogen-bond acceptors (Lipinski definition) is 2. The minimum atomic E-state index is -1.33. The fraction of sp³-hybridized carbons (Fsp3) is 1.00. The average molecular weight is 206 g/mol. The van der Waals surface area contributed by atoms with Gasteiger partial charge in [-0.1, -0.05) is 34.1 Å². The lowest BCUT2D eigenvalue weighted by atomic mass is 10.4. The van der Waals surface area contributed by atoms with E-state index >= 15 is 0 Å². The molecule has 0 spiro atoms. The molecule has 0 aliphatic heterocycles. The molecule has 0 bridgehead atoms. The van der Waals surface area contributed by atoms with Crippen LogP contribution in [0.2, 0.25) is 5.54 Å². The lowest BCUT2D eigenvalue weighted by Crippen LogP contribution is -2.27. The van der Waals surface area contributed by atoms with E-state index in [1.54, 1.807) is 0 Å². The quantitative estimate of drug-likeness (QED) is 0.622. The SMILES string of the molecule is CC.CCO[SiH](OCC)C(C)CC. The molecule has 0 aromatic heterocycles. The van der Waals surface area contributed by atoms with Crippen LogP contribution in [0.25, 0.3) is 0 Å². The largest absolute Gasteiger partial charge is 0.397 e. The summed E-state index contributed by atoms with van der Waals surface area (Å²) in [6, 6.07) is 0. The molecule has 2 nitrogen and oxygen atoms in total. The topological polar surface area (TPSA) is 18.5 Å².